The third-order valence-corrected chi connectivity index (χ3v) is 4.75. The Morgan fingerprint density at radius 2 is 1.63 bits per heavy atom. The molecule has 0 atom stereocenters. The van der Waals surface area contributed by atoms with Gasteiger partial charge in [0.2, 0.25) is 10.0 Å². The highest BCUT2D eigenvalue weighted by molar-refractivity contribution is 7.89. The molecule has 0 spiro atoms. The second-order valence-electron chi connectivity index (χ2n) is 5.40. The lowest BCUT2D eigenvalue weighted by molar-refractivity contribution is 0.203. The van der Waals surface area contributed by atoms with Crippen molar-refractivity contribution in [3.8, 4) is 22.6 Å². The van der Waals surface area contributed by atoms with Crippen LogP contribution in [0.5, 0.6) is 0 Å². The van der Waals surface area contributed by atoms with Crippen LogP contribution in [0.1, 0.15) is 0 Å². The zero-order valence-corrected chi connectivity index (χ0v) is 15.1. The Kier molecular flexibility index (Phi) is 4.89. The van der Waals surface area contributed by atoms with Gasteiger partial charge in [-0.25, -0.2) is 18.4 Å². The normalized spacial score (nSPS) is 11.4. The molecule has 3 rings (SSSR count). The Hall–Kier alpha value is -2.92. The van der Waals surface area contributed by atoms with Gasteiger partial charge in [-0.1, -0.05) is 23.7 Å². The highest BCUT2D eigenvalue weighted by Crippen LogP contribution is 2.36. The maximum absolute atomic E-state index is 11.4. The monoisotopic (exact) mass is 408 g/mol. The molecule has 0 unspecified atom stereocenters. The zero-order chi connectivity index (χ0) is 19.8. The van der Waals surface area contributed by atoms with E-state index in [9.17, 15) is 18.4 Å². The van der Waals surface area contributed by atoms with Gasteiger partial charge in [0.05, 0.1) is 4.90 Å². The average molecular weight is 409 g/mol. The Balaban J connectivity index is 2.15. The molecule has 1 heterocycles. The number of benzene rings is 2. The minimum Gasteiger partial charge on any atom is -0.421 e. The number of nitrogens with zero attached hydrogens (tertiary/aromatic N) is 2. The number of primary amides is 1. The molecule has 0 fully saturated rings. The van der Waals surface area contributed by atoms with E-state index in [1.807, 2.05) is 0 Å². The maximum Gasteiger partial charge on any atom is 0.347 e. The number of rotatable bonds is 4. The van der Waals surface area contributed by atoms with E-state index in [1.165, 1.54) is 24.3 Å². The van der Waals surface area contributed by atoms with Gasteiger partial charge >= 0.3 is 12.0 Å². The van der Waals surface area contributed by atoms with Gasteiger partial charge in [0.15, 0.2) is 5.76 Å². The number of hydroxylamine groups is 1. The maximum atomic E-state index is 11.4. The molecular formula is C16H13ClN4O5S. The molecule has 0 aliphatic carbocycles. The van der Waals surface area contributed by atoms with E-state index in [1.54, 1.807) is 24.3 Å². The first-order valence-electron chi connectivity index (χ1n) is 7.35. The molecule has 2 amide bonds. The van der Waals surface area contributed by atoms with Crippen molar-refractivity contribution in [3.63, 3.8) is 0 Å². The smallest absolute Gasteiger partial charge is 0.347 e. The second kappa shape index (κ2) is 7.00. The number of hydrogen-bond acceptors (Lipinski definition) is 6. The summed E-state index contributed by atoms with van der Waals surface area (Å²) in [4.78, 5) is 15.2. The molecule has 2 aromatic carbocycles. The summed E-state index contributed by atoms with van der Waals surface area (Å²) in [6, 6.07) is 10.5. The lowest BCUT2D eigenvalue weighted by Gasteiger charge is -2.04. The van der Waals surface area contributed by atoms with E-state index in [0.717, 1.165) is 0 Å². The number of aromatic nitrogens is 1. The van der Waals surface area contributed by atoms with Crippen LogP contribution in [0.3, 0.4) is 0 Å². The van der Waals surface area contributed by atoms with Crippen molar-refractivity contribution in [1.82, 2.24) is 4.98 Å². The molecule has 1 aromatic heterocycles. The van der Waals surface area contributed by atoms with Crippen LogP contribution in [0.15, 0.2) is 57.8 Å². The standard InChI is InChI=1S/C16H13ClN4O5S/c17-11-5-1-10(2-6-11)14-13(20-16(26-14)21(23)15(18)22)9-3-7-12(8-4-9)27(19,24)25/h1-8,23H,(H2,18,22)(H2,19,24,25). The third kappa shape index (κ3) is 3.93. The molecule has 5 N–H and O–H groups in total. The molecule has 0 bridgehead atoms. The second-order valence-corrected chi connectivity index (χ2v) is 7.40. The van der Waals surface area contributed by atoms with E-state index in [2.05, 4.69) is 4.98 Å². The van der Waals surface area contributed by atoms with Crippen molar-refractivity contribution in [2.75, 3.05) is 5.06 Å². The lowest BCUT2D eigenvalue weighted by Crippen LogP contribution is -2.32. The first-order chi connectivity index (χ1) is 12.7. The molecule has 0 saturated heterocycles. The molecule has 27 heavy (non-hydrogen) atoms. The van der Waals surface area contributed by atoms with Gasteiger partial charge in [-0.05, 0) is 36.4 Å². The zero-order valence-electron chi connectivity index (χ0n) is 13.5. The number of carbonyl (C=O) groups excluding carboxylic acids is 1. The summed E-state index contributed by atoms with van der Waals surface area (Å²) < 4.78 is 28.3. The van der Waals surface area contributed by atoms with Crippen molar-refractivity contribution < 1.29 is 22.8 Å². The van der Waals surface area contributed by atoms with Gasteiger partial charge in [0.25, 0.3) is 0 Å². The molecule has 11 heteroatoms. The largest absolute Gasteiger partial charge is 0.421 e. The first-order valence-corrected chi connectivity index (χ1v) is 9.27. The summed E-state index contributed by atoms with van der Waals surface area (Å²) in [5, 5.41) is 15.4. The molecular weight excluding hydrogens is 396 g/mol. The fraction of sp³-hybridized carbons (Fsp3) is 0. The third-order valence-electron chi connectivity index (χ3n) is 3.57. The molecule has 0 aliphatic heterocycles. The predicted molar refractivity (Wildman–Crippen MR) is 97.6 cm³/mol. The number of primary sulfonamides is 1. The minimum atomic E-state index is -3.86. The summed E-state index contributed by atoms with van der Waals surface area (Å²) in [5.74, 6) is 0.213. The van der Waals surface area contributed by atoms with Crippen LogP contribution in [0.2, 0.25) is 5.02 Å². The minimum absolute atomic E-state index is 0.0572. The predicted octanol–water partition coefficient (Wildman–Crippen LogP) is 2.58. The van der Waals surface area contributed by atoms with Crippen molar-refractivity contribution in [2.24, 2.45) is 10.9 Å². The SMILES string of the molecule is NC(=O)N(O)c1nc(-c2ccc(S(N)(=O)=O)cc2)c(-c2ccc(Cl)cc2)o1. The molecule has 0 radical (unpaired) electrons. The Labute approximate surface area is 158 Å². The highest BCUT2D eigenvalue weighted by Gasteiger charge is 2.23. The van der Waals surface area contributed by atoms with E-state index < -0.39 is 22.1 Å². The number of amides is 2. The Morgan fingerprint density at radius 3 is 2.15 bits per heavy atom. The van der Waals surface area contributed by atoms with Crippen LogP contribution in [0.4, 0.5) is 10.8 Å². The lowest BCUT2D eigenvalue weighted by atomic mass is 10.1. The van der Waals surface area contributed by atoms with Gasteiger partial charge < -0.3 is 10.2 Å². The van der Waals surface area contributed by atoms with Gasteiger partial charge in [0, 0.05) is 16.1 Å². The first kappa shape index (κ1) is 18.9. The van der Waals surface area contributed by atoms with Gasteiger partial charge in [0.1, 0.15) is 5.69 Å². The van der Waals surface area contributed by atoms with E-state index in [4.69, 9.17) is 26.9 Å². The van der Waals surface area contributed by atoms with E-state index in [-0.39, 0.29) is 21.4 Å². The van der Waals surface area contributed by atoms with Crippen LogP contribution in [-0.2, 0) is 10.0 Å². The quantitative estimate of drug-likeness (QED) is 0.445. The topological polar surface area (TPSA) is 153 Å². The van der Waals surface area contributed by atoms with Crippen molar-refractivity contribution in [1.29, 1.82) is 0 Å². The van der Waals surface area contributed by atoms with Crippen LogP contribution >= 0.6 is 11.6 Å². The van der Waals surface area contributed by atoms with Gasteiger partial charge in [-0.3, -0.25) is 5.21 Å². The average Bonchev–Trinajstić information content (AvgIpc) is 3.06. The fourth-order valence-corrected chi connectivity index (χ4v) is 2.93. The van der Waals surface area contributed by atoms with Crippen LogP contribution in [-0.4, -0.2) is 24.6 Å². The highest BCUT2D eigenvalue weighted by atomic mass is 35.5. The van der Waals surface area contributed by atoms with Crippen LogP contribution in [0, 0.1) is 0 Å². The number of sulfonamides is 1. The van der Waals surface area contributed by atoms with E-state index >= 15 is 0 Å². The molecule has 0 saturated carbocycles. The number of carbonyl (C=O) groups is 1. The Bertz CT molecular complexity index is 1090. The number of halogens is 1. The fourth-order valence-electron chi connectivity index (χ4n) is 2.29. The van der Waals surface area contributed by atoms with Crippen LogP contribution in [0.25, 0.3) is 22.6 Å². The molecule has 3 aromatic rings. The number of oxazole rings is 1. The molecule has 9 nitrogen and oxygen atoms in total. The number of urea groups is 1. The van der Waals surface area contributed by atoms with Crippen molar-refractivity contribution in [2.45, 2.75) is 4.90 Å². The van der Waals surface area contributed by atoms with Gasteiger partial charge in [-0.2, -0.15) is 4.98 Å². The summed E-state index contributed by atoms with van der Waals surface area (Å²) in [7, 11) is -3.86. The van der Waals surface area contributed by atoms with Gasteiger partial charge in [-0.15, -0.1) is 5.06 Å². The summed E-state index contributed by atoms with van der Waals surface area (Å²) >= 11 is 5.89. The summed E-state index contributed by atoms with van der Waals surface area (Å²) in [6.45, 7) is 0. The van der Waals surface area contributed by atoms with Crippen molar-refractivity contribution >= 4 is 33.7 Å². The molecule has 140 valence electrons. The summed E-state index contributed by atoms with van der Waals surface area (Å²) in [5.41, 5.74) is 6.29. The number of hydrogen-bond donors (Lipinski definition) is 3. The van der Waals surface area contributed by atoms with E-state index in [0.29, 0.717) is 16.1 Å². The Morgan fingerprint density at radius 1 is 1.07 bits per heavy atom. The molecule has 0 aliphatic rings. The van der Waals surface area contributed by atoms with Crippen molar-refractivity contribution in [3.05, 3.63) is 53.6 Å². The van der Waals surface area contributed by atoms with Crippen LogP contribution < -0.4 is 15.9 Å². The number of anilines is 1. The summed E-state index contributed by atoms with van der Waals surface area (Å²) in [6.07, 6.45) is 0. The number of nitrogens with two attached hydrogens (primary N) is 2.